The van der Waals surface area contributed by atoms with Gasteiger partial charge in [0.25, 0.3) is 5.91 Å². The van der Waals surface area contributed by atoms with Gasteiger partial charge in [-0.1, -0.05) is 5.16 Å². The normalized spacial score (nSPS) is 31.9. The van der Waals surface area contributed by atoms with Crippen molar-refractivity contribution in [3.63, 3.8) is 0 Å². The largest absolute Gasteiger partial charge is 0.393 e. The van der Waals surface area contributed by atoms with Crippen LogP contribution in [0.15, 0.2) is 10.7 Å². The molecule has 2 heterocycles. The molecule has 1 aliphatic heterocycles. The van der Waals surface area contributed by atoms with Crippen molar-refractivity contribution in [3.8, 4) is 0 Å². The molecule has 1 aromatic heterocycles. The zero-order valence-electron chi connectivity index (χ0n) is 9.80. The first kappa shape index (κ1) is 10.8. The quantitative estimate of drug-likeness (QED) is 0.784. The number of carbonyl (C=O) groups is 1. The van der Waals surface area contributed by atoms with Gasteiger partial charge in [-0.2, -0.15) is 0 Å². The molecule has 3 atom stereocenters. The summed E-state index contributed by atoms with van der Waals surface area (Å²) in [5.41, 5.74) is 0.541. The first-order valence-corrected chi connectivity index (χ1v) is 6.05. The van der Waals surface area contributed by atoms with Crippen LogP contribution in [-0.4, -0.2) is 40.3 Å². The third-order valence-electron chi connectivity index (χ3n) is 4.09. The van der Waals surface area contributed by atoms with Gasteiger partial charge in [0.15, 0.2) is 0 Å². The van der Waals surface area contributed by atoms with E-state index in [2.05, 4.69) is 5.16 Å². The van der Waals surface area contributed by atoms with Crippen LogP contribution >= 0.6 is 0 Å². The Morgan fingerprint density at radius 3 is 3.00 bits per heavy atom. The topological polar surface area (TPSA) is 66.6 Å². The predicted molar refractivity (Wildman–Crippen MR) is 59.4 cm³/mol. The van der Waals surface area contributed by atoms with Crippen LogP contribution in [0.1, 0.15) is 29.0 Å². The van der Waals surface area contributed by atoms with Crippen LogP contribution in [0.3, 0.4) is 0 Å². The highest BCUT2D eigenvalue weighted by molar-refractivity contribution is 5.95. The third-order valence-corrected chi connectivity index (χ3v) is 4.09. The number of aliphatic hydroxyl groups is 1. The van der Waals surface area contributed by atoms with Gasteiger partial charge in [0, 0.05) is 19.0 Å². The highest BCUT2D eigenvalue weighted by Crippen LogP contribution is 2.38. The SMILES string of the molecule is Cc1oncc1C(=O)N1CC2CCC(O)C2C1. The Bertz CT molecular complexity index is 443. The van der Waals surface area contributed by atoms with Crippen LogP contribution in [0.5, 0.6) is 0 Å². The predicted octanol–water partition coefficient (Wildman–Crippen LogP) is 0.826. The molecule has 3 rings (SSSR count). The third kappa shape index (κ3) is 1.65. The second-order valence-corrected chi connectivity index (χ2v) is 5.07. The average molecular weight is 236 g/mol. The van der Waals surface area contributed by atoms with Gasteiger partial charge in [0.2, 0.25) is 0 Å². The fourth-order valence-corrected chi connectivity index (χ4v) is 3.08. The van der Waals surface area contributed by atoms with E-state index in [1.165, 1.54) is 6.20 Å². The van der Waals surface area contributed by atoms with Gasteiger partial charge in [0.1, 0.15) is 11.3 Å². The number of carbonyl (C=O) groups excluding carboxylic acids is 1. The van der Waals surface area contributed by atoms with Crippen molar-refractivity contribution in [1.82, 2.24) is 10.1 Å². The van der Waals surface area contributed by atoms with Crippen LogP contribution in [0.25, 0.3) is 0 Å². The number of aryl methyl sites for hydroxylation is 1. The number of aliphatic hydroxyl groups excluding tert-OH is 1. The second-order valence-electron chi connectivity index (χ2n) is 5.07. The van der Waals surface area contributed by atoms with Gasteiger partial charge in [-0.15, -0.1) is 0 Å². The molecule has 1 aliphatic carbocycles. The zero-order chi connectivity index (χ0) is 12.0. The van der Waals surface area contributed by atoms with Crippen molar-refractivity contribution in [2.75, 3.05) is 13.1 Å². The Hall–Kier alpha value is -1.36. The van der Waals surface area contributed by atoms with Crippen molar-refractivity contribution in [1.29, 1.82) is 0 Å². The minimum atomic E-state index is -0.235. The van der Waals surface area contributed by atoms with E-state index >= 15 is 0 Å². The summed E-state index contributed by atoms with van der Waals surface area (Å²) in [5, 5.41) is 13.4. The van der Waals surface area contributed by atoms with Crippen LogP contribution in [0.2, 0.25) is 0 Å². The van der Waals surface area contributed by atoms with Crippen LogP contribution in [0, 0.1) is 18.8 Å². The maximum absolute atomic E-state index is 12.2. The Morgan fingerprint density at radius 1 is 1.53 bits per heavy atom. The molecule has 0 spiro atoms. The van der Waals surface area contributed by atoms with E-state index in [-0.39, 0.29) is 17.9 Å². The van der Waals surface area contributed by atoms with E-state index < -0.39 is 0 Å². The molecule has 1 saturated carbocycles. The molecule has 92 valence electrons. The van der Waals surface area contributed by atoms with Gasteiger partial charge >= 0.3 is 0 Å². The fourth-order valence-electron chi connectivity index (χ4n) is 3.08. The molecule has 0 bridgehead atoms. The summed E-state index contributed by atoms with van der Waals surface area (Å²) in [6, 6.07) is 0. The summed E-state index contributed by atoms with van der Waals surface area (Å²) >= 11 is 0. The number of fused-ring (bicyclic) bond motifs is 1. The molecule has 3 unspecified atom stereocenters. The standard InChI is InChI=1S/C12H16N2O3/c1-7-9(4-13-17-7)12(16)14-5-8-2-3-11(15)10(8)6-14/h4,8,10-11,15H,2-3,5-6H2,1H3. The number of aromatic nitrogens is 1. The molecule has 1 amide bonds. The lowest BCUT2D eigenvalue weighted by Gasteiger charge is -2.17. The van der Waals surface area contributed by atoms with Crippen LogP contribution in [-0.2, 0) is 0 Å². The Kier molecular flexibility index (Phi) is 2.43. The Morgan fingerprint density at radius 2 is 2.35 bits per heavy atom. The zero-order valence-corrected chi connectivity index (χ0v) is 9.80. The monoisotopic (exact) mass is 236 g/mol. The average Bonchev–Trinajstić information content (AvgIpc) is 2.96. The van der Waals surface area contributed by atoms with E-state index in [9.17, 15) is 9.90 Å². The van der Waals surface area contributed by atoms with Gasteiger partial charge in [-0.25, -0.2) is 0 Å². The number of amides is 1. The molecule has 17 heavy (non-hydrogen) atoms. The summed E-state index contributed by atoms with van der Waals surface area (Å²) in [6.45, 7) is 3.16. The van der Waals surface area contributed by atoms with Crippen molar-refractivity contribution in [2.45, 2.75) is 25.9 Å². The number of hydrogen-bond acceptors (Lipinski definition) is 4. The lowest BCUT2D eigenvalue weighted by atomic mass is 10.00. The molecular formula is C12H16N2O3. The summed E-state index contributed by atoms with van der Waals surface area (Å²) < 4.78 is 4.91. The molecular weight excluding hydrogens is 220 g/mol. The maximum atomic E-state index is 12.2. The molecule has 0 aromatic carbocycles. The van der Waals surface area contributed by atoms with E-state index in [4.69, 9.17) is 4.52 Å². The number of rotatable bonds is 1. The molecule has 5 heteroatoms. The minimum absolute atomic E-state index is 0.0228. The van der Waals surface area contributed by atoms with Crippen molar-refractivity contribution < 1.29 is 14.4 Å². The first-order chi connectivity index (χ1) is 8.16. The maximum Gasteiger partial charge on any atom is 0.259 e. The van der Waals surface area contributed by atoms with Crippen molar-refractivity contribution in [2.24, 2.45) is 11.8 Å². The lowest BCUT2D eigenvalue weighted by molar-refractivity contribution is 0.0750. The number of hydrogen-bond donors (Lipinski definition) is 1. The summed E-state index contributed by atoms with van der Waals surface area (Å²) in [5.74, 6) is 1.27. The second kappa shape index (κ2) is 3.84. The molecule has 1 saturated heterocycles. The van der Waals surface area contributed by atoms with E-state index in [1.807, 2.05) is 4.90 Å². The highest BCUT2D eigenvalue weighted by atomic mass is 16.5. The van der Waals surface area contributed by atoms with Crippen LogP contribution in [0.4, 0.5) is 0 Å². The van der Waals surface area contributed by atoms with Crippen LogP contribution < -0.4 is 0 Å². The number of likely N-dealkylation sites (tertiary alicyclic amines) is 1. The smallest absolute Gasteiger partial charge is 0.259 e. The van der Waals surface area contributed by atoms with Gasteiger partial charge in [-0.05, 0) is 25.7 Å². The number of nitrogens with zero attached hydrogens (tertiary/aromatic N) is 2. The highest BCUT2D eigenvalue weighted by Gasteiger charge is 2.43. The Labute approximate surface area is 99.4 Å². The summed E-state index contributed by atoms with van der Waals surface area (Å²) in [4.78, 5) is 14.0. The summed E-state index contributed by atoms with van der Waals surface area (Å²) in [7, 11) is 0. The van der Waals surface area contributed by atoms with E-state index in [1.54, 1.807) is 6.92 Å². The van der Waals surface area contributed by atoms with Gasteiger partial charge in [-0.3, -0.25) is 4.79 Å². The fraction of sp³-hybridized carbons (Fsp3) is 0.667. The van der Waals surface area contributed by atoms with Crippen molar-refractivity contribution >= 4 is 5.91 Å². The van der Waals surface area contributed by atoms with Crippen molar-refractivity contribution in [3.05, 3.63) is 17.5 Å². The first-order valence-electron chi connectivity index (χ1n) is 6.05. The Balaban J connectivity index is 1.75. The molecule has 1 N–H and O–H groups in total. The molecule has 0 radical (unpaired) electrons. The molecule has 5 nitrogen and oxygen atoms in total. The lowest BCUT2D eigenvalue weighted by Crippen LogP contribution is -2.31. The molecule has 2 fully saturated rings. The van der Waals surface area contributed by atoms with E-state index in [0.717, 1.165) is 19.4 Å². The minimum Gasteiger partial charge on any atom is -0.393 e. The van der Waals surface area contributed by atoms with Gasteiger partial charge < -0.3 is 14.5 Å². The van der Waals surface area contributed by atoms with Gasteiger partial charge in [0.05, 0.1) is 12.3 Å². The molecule has 2 aliphatic rings. The van der Waals surface area contributed by atoms with E-state index in [0.29, 0.717) is 23.8 Å². The molecule has 1 aromatic rings. The summed E-state index contributed by atoms with van der Waals surface area (Å²) in [6.07, 6.45) is 3.14.